The monoisotopic (exact) mass is 496 g/mol. The van der Waals surface area contributed by atoms with Crippen LogP contribution >= 0.6 is 11.6 Å². The summed E-state index contributed by atoms with van der Waals surface area (Å²) >= 11 is 5.87. The molecule has 1 fully saturated rings. The zero-order valence-electron chi connectivity index (χ0n) is 19.0. The summed E-state index contributed by atoms with van der Waals surface area (Å²) in [4.78, 5) is 29.3. The first kappa shape index (κ1) is 25.7. The Morgan fingerprint density at radius 3 is 2.29 bits per heavy atom. The van der Waals surface area contributed by atoms with E-state index in [0.717, 1.165) is 12.1 Å². The van der Waals surface area contributed by atoms with Crippen LogP contribution in [0, 0.1) is 5.92 Å². The highest BCUT2D eigenvalue weighted by Gasteiger charge is 2.33. The highest BCUT2D eigenvalue weighted by Crippen LogP contribution is 2.32. The second-order valence-corrected chi connectivity index (χ2v) is 8.77. The summed E-state index contributed by atoms with van der Waals surface area (Å²) in [6.45, 7) is 5.33. The third-order valence-corrected chi connectivity index (χ3v) is 6.25. The maximum Gasteiger partial charge on any atom is 0.416 e. The number of rotatable bonds is 6. The van der Waals surface area contributed by atoms with E-state index in [1.807, 2.05) is 18.7 Å². The summed E-state index contributed by atoms with van der Waals surface area (Å²) in [5.74, 6) is -0.311. The summed E-state index contributed by atoms with van der Waals surface area (Å²) < 4.78 is 39.1. The maximum absolute atomic E-state index is 13.3. The van der Waals surface area contributed by atoms with Gasteiger partial charge in [-0.15, -0.1) is 0 Å². The second-order valence-electron chi connectivity index (χ2n) is 8.33. The Kier molecular flexibility index (Phi) is 8.30. The number of alkyl halides is 3. The van der Waals surface area contributed by atoms with Gasteiger partial charge in [0.05, 0.1) is 5.56 Å². The van der Waals surface area contributed by atoms with Crippen molar-refractivity contribution >= 4 is 34.9 Å². The molecule has 2 unspecified atom stereocenters. The molecule has 3 rings (SSSR count). The van der Waals surface area contributed by atoms with Crippen LogP contribution in [0.25, 0.3) is 0 Å². The number of urea groups is 1. The maximum atomic E-state index is 13.3. The first-order chi connectivity index (χ1) is 16.1. The standard InChI is InChI=1S/C24H28ClF3N4O2/c1-3-16(2)21(30-23(34)29-19-9-7-18(25)8-10-19)22(33)32-13-11-31(12-14-32)20-6-4-5-17(15-20)24(26,27)28/h4-10,15-16,21H,3,11-14H2,1-2H3,(H2,29,30,34). The molecule has 34 heavy (non-hydrogen) atoms. The molecule has 6 nitrogen and oxygen atoms in total. The predicted molar refractivity (Wildman–Crippen MR) is 127 cm³/mol. The number of amides is 3. The first-order valence-corrected chi connectivity index (χ1v) is 11.5. The number of hydrogen-bond donors (Lipinski definition) is 2. The summed E-state index contributed by atoms with van der Waals surface area (Å²) in [7, 11) is 0. The van der Waals surface area contributed by atoms with E-state index >= 15 is 0 Å². The van der Waals surface area contributed by atoms with Crippen LogP contribution in [0.5, 0.6) is 0 Å². The number of carbonyl (C=O) groups excluding carboxylic acids is 2. The van der Waals surface area contributed by atoms with Gasteiger partial charge in [-0.2, -0.15) is 13.2 Å². The topological polar surface area (TPSA) is 64.7 Å². The molecule has 2 N–H and O–H groups in total. The Labute approximate surface area is 202 Å². The molecule has 2 aromatic rings. The van der Waals surface area contributed by atoms with E-state index in [2.05, 4.69) is 10.6 Å². The van der Waals surface area contributed by atoms with Crippen molar-refractivity contribution in [1.29, 1.82) is 0 Å². The van der Waals surface area contributed by atoms with Crippen LogP contribution in [0.1, 0.15) is 25.8 Å². The van der Waals surface area contributed by atoms with Crippen LogP contribution in [0.4, 0.5) is 29.3 Å². The third kappa shape index (κ3) is 6.56. The zero-order valence-corrected chi connectivity index (χ0v) is 19.8. The van der Waals surface area contributed by atoms with Crippen molar-refractivity contribution in [2.75, 3.05) is 36.4 Å². The van der Waals surface area contributed by atoms with E-state index in [9.17, 15) is 22.8 Å². The van der Waals surface area contributed by atoms with Gasteiger partial charge in [0.25, 0.3) is 0 Å². The van der Waals surface area contributed by atoms with Gasteiger partial charge >= 0.3 is 12.2 Å². The van der Waals surface area contributed by atoms with Gasteiger partial charge in [0.2, 0.25) is 5.91 Å². The second kappa shape index (κ2) is 11.0. The van der Waals surface area contributed by atoms with Gasteiger partial charge in [0.1, 0.15) is 6.04 Å². The minimum absolute atomic E-state index is 0.107. The Bertz CT molecular complexity index is 992. The van der Waals surface area contributed by atoms with Gasteiger partial charge in [-0.05, 0) is 48.4 Å². The molecular weight excluding hydrogens is 469 g/mol. The smallest absolute Gasteiger partial charge is 0.368 e. The largest absolute Gasteiger partial charge is 0.416 e. The molecule has 0 saturated carbocycles. The van der Waals surface area contributed by atoms with E-state index < -0.39 is 23.8 Å². The van der Waals surface area contributed by atoms with Gasteiger partial charge in [0.15, 0.2) is 0 Å². The average Bonchev–Trinajstić information content (AvgIpc) is 2.83. The summed E-state index contributed by atoms with van der Waals surface area (Å²) in [5.41, 5.74) is 0.323. The zero-order chi connectivity index (χ0) is 24.9. The van der Waals surface area contributed by atoms with Crippen molar-refractivity contribution in [1.82, 2.24) is 10.2 Å². The summed E-state index contributed by atoms with van der Waals surface area (Å²) in [5, 5.41) is 6.03. The van der Waals surface area contributed by atoms with E-state index in [1.54, 1.807) is 35.2 Å². The van der Waals surface area contributed by atoms with Gasteiger partial charge in [-0.3, -0.25) is 4.79 Å². The number of halogens is 4. The molecule has 3 amide bonds. The normalized spacial score (nSPS) is 16.1. The van der Waals surface area contributed by atoms with Crippen LogP contribution in [-0.2, 0) is 11.0 Å². The predicted octanol–water partition coefficient (Wildman–Crippen LogP) is 5.24. The highest BCUT2D eigenvalue weighted by molar-refractivity contribution is 6.30. The molecule has 2 atom stereocenters. The average molecular weight is 497 g/mol. The third-order valence-electron chi connectivity index (χ3n) is 6.00. The van der Waals surface area contributed by atoms with Crippen molar-refractivity contribution < 1.29 is 22.8 Å². The van der Waals surface area contributed by atoms with E-state index in [4.69, 9.17) is 11.6 Å². The van der Waals surface area contributed by atoms with E-state index in [1.165, 1.54) is 6.07 Å². The fourth-order valence-corrected chi connectivity index (χ4v) is 3.91. The van der Waals surface area contributed by atoms with Crippen molar-refractivity contribution in [3.8, 4) is 0 Å². The van der Waals surface area contributed by atoms with Crippen molar-refractivity contribution in [2.24, 2.45) is 5.92 Å². The molecule has 0 bridgehead atoms. The number of nitrogens with one attached hydrogen (secondary N) is 2. The first-order valence-electron chi connectivity index (χ1n) is 11.1. The Hall–Kier alpha value is -2.94. The molecular formula is C24H28ClF3N4O2. The van der Waals surface area contributed by atoms with Crippen LogP contribution in [0.3, 0.4) is 0 Å². The molecule has 1 heterocycles. The number of anilines is 2. The molecule has 0 aromatic heterocycles. The van der Waals surface area contributed by atoms with Gasteiger partial charge < -0.3 is 20.4 Å². The minimum Gasteiger partial charge on any atom is -0.368 e. The number of piperazine rings is 1. The lowest BCUT2D eigenvalue weighted by atomic mass is 9.97. The highest BCUT2D eigenvalue weighted by atomic mass is 35.5. The lowest BCUT2D eigenvalue weighted by Crippen LogP contribution is -2.57. The number of hydrogen-bond acceptors (Lipinski definition) is 3. The minimum atomic E-state index is -4.41. The molecule has 0 aliphatic carbocycles. The Balaban J connectivity index is 1.62. The molecule has 1 aliphatic rings. The lowest BCUT2D eigenvalue weighted by Gasteiger charge is -2.38. The van der Waals surface area contributed by atoms with Crippen molar-refractivity contribution in [2.45, 2.75) is 32.5 Å². The van der Waals surface area contributed by atoms with Crippen molar-refractivity contribution in [3.05, 3.63) is 59.1 Å². The quantitative estimate of drug-likeness (QED) is 0.574. The van der Waals surface area contributed by atoms with Crippen molar-refractivity contribution in [3.63, 3.8) is 0 Å². The van der Waals surface area contributed by atoms with Crippen LogP contribution in [0.2, 0.25) is 5.02 Å². The van der Waals surface area contributed by atoms with Gasteiger partial charge in [-0.25, -0.2) is 4.79 Å². The fraction of sp³-hybridized carbons (Fsp3) is 0.417. The van der Waals surface area contributed by atoms with E-state index in [-0.39, 0.29) is 11.8 Å². The fourth-order valence-electron chi connectivity index (χ4n) is 3.79. The SMILES string of the molecule is CCC(C)C(NC(=O)Nc1ccc(Cl)cc1)C(=O)N1CCN(c2cccc(C(F)(F)F)c2)CC1. The molecule has 1 saturated heterocycles. The molecule has 184 valence electrons. The lowest BCUT2D eigenvalue weighted by molar-refractivity contribution is -0.137. The molecule has 0 radical (unpaired) electrons. The molecule has 1 aliphatic heterocycles. The molecule has 10 heteroatoms. The van der Waals surface area contributed by atoms with Gasteiger partial charge in [0, 0.05) is 42.6 Å². The number of nitrogens with zero attached hydrogens (tertiary/aromatic N) is 2. The summed E-state index contributed by atoms with van der Waals surface area (Å²) in [6, 6.07) is 10.6. The Morgan fingerprint density at radius 1 is 1.06 bits per heavy atom. The molecule has 2 aromatic carbocycles. The van der Waals surface area contributed by atoms with Crippen LogP contribution in [-0.4, -0.2) is 49.1 Å². The number of carbonyl (C=O) groups is 2. The Morgan fingerprint density at radius 2 is 1.71 bits per heavy atom. The van der Waals surface area contributed by atoms with Crippen LogP contribution in [0.15, 0.2) is 48.5 Å². The van der Waals surface area contributed by atoms with Gasteiger partial charge in [-0.1, -0.05) is 37.9 Å². The van der Waals surface area contributed by atoms with E-state index in [0.29, 0.717) is 49.0 Å². The summed E-state index contributed by atoms with van der Waals surface area (Å²) in [6.07, 6.45) is -3.72. The molecule has 0 spiro atoms. The van der Waals surface area contributed by atoms with Crippen LogP contribution < -0.4 is 15.5 Å². The number of benzene rings is 2.